The van der Waals surface area contributed by atoms with E-state index in [1.807, 2.05) is 79.5 Å². The molecule has 0 aromatic rings. The molecule has 0 spiro atoms. The SMILES string of the molecule is CC(C)C(C(=O)[O-])N(C)C(=O)C1(F)CCN(C(=O)C#CC(C)(C)N(C)C)CC1.CC(C)C(C=O)N(C)C(=O)C1(F)CCN(C(=O)C#CC(C)(C)N(C)C)CC1.C[O-].[Ba+2]. The fraction of sp³-hybridized carbons (Fsp3) is 0.756. The minimum atomic E-state index is -2.20. The van der Waals surface area contributed by atoms with Crippen LogP contribution in [0.25, 0.3) is 0 Å². The molecule has 17 heteroatoms. The number of piperidine rings is 2. The fourth-order valence-electron chi connectivity index (χ4n) is 5.82. The van der Waals surface area contributed by atoms with Gasteiger partial charge in [-0.3, -0.25) is 29.0 Å². The average Bonchev–Trinajstić information content (AvgIpc) is 3.13. The maximum Gasteiger partial charge on any atom is 2.00 e. The Morgan fingerprint density at radius 1 is 0.655 bits per heavy atom. The minimum absolute atomic E-state index is 0. The number of alkyl halides is 2. The second-order valence-corrected chi connectivity index (χ2v) is 16.6. The smallest absolute Gasteiger partial charge is 0.857 e. The molecule has 0 bridgehead atoms. The van der Waals surface area contributed by atoms with Gasteiger partial charge in [-0.2, -0.15) is 7.11 Å². The molecule has 2 atom stereocenters. The van der Waals surface area contributed by atoms with Crippen LogP contribution in [0.2, 0.25) is 0 Å². The van der Waals surface area contributed by atoms with E-state index in [4.69, 9.17) is 5.11 Å². The summed E-state index contributed by atoms with van der Waals surface area (Å²) in [7, 11) is 11.0. The molecule has 4 amide bonds. The number of carboxylic acid groups (broad SMARTS) is 1. The number of carbonyl (C=O) groups is 6. The van der Waals surface area contributed by atoms with Crippen molar-refractivity contribution in [1.29, 1.82) is 0 Å². The maximum atomic E-state index is 15.2. The van der Waals surface area contributed by atoms with Gasteiger partial charge in [0.05, 0.1) is 29.1 Å². The number of likely N-dealkylation sites (N-methyl/N-ethyl adjacent to an activating group) is 2. The Hall–Kier alpha value is -2.55. The second kappa shape index (κ2) is 24.6. The monoisotopic (exact) mass is 946 g/mol. The molecule has 0 aromatic carbocycles. The van der Waals surface area contributed by atoms with Crippen LogP contribution in [0.3, 0.4) is 0 Å². The fourth-order valence-corrected chi connectivity index (χ4v) is 5.82. The van der Waals surface area contributed by atoms with Crippen LogP contribution in [-0.2, 0) is 28.8 Å². The van der Waals surface area contributed by atoms with E-state index >= 15 is 8.78 Å². The standard InChI is InChI=1S/C20H32FN3O4.C20H32FN3O3.CH3O.Ba/c1-14(2)16(17(26)27)23(7)18(28)20(21)10-12-24(13-11-20)15(25)8-9-19(3,4)22(5)6;1-15(2)16(14-25)23(7)18(27)20(21)10-12-24(13-11-20)17(26)8-9-19(3,4)22(5)6;1-2;/h14,16H,10-13H2,1-7H3,(H,26,27);14-16H,10-13H2,1-7H3;1H3;/q;;-1;+2/p-1. The number of hydrogen-bond donors (Lipinski definition) is 0. The molecule has 58 heavy (non-hydrogen) atoms. The van der Waals surface area contributed by atoms with E-state index in [9.17, 15) is 33.9 Å². The molecule has 2 aliphatic rings. The van der Waals surface area contributed by atoms with Crippen molar-refractivity contribution in [3.63, 3.8) is 0 Å². The van der Waals surface area contributed by atoms with E-state index in [0.29, 0.717) is 6.29 Å². The van der Waals surface area contributed by atoms with Crippen molar-refractivity contribution < 1.29 is 47.8 Å². The molecule has 0 saturated carbocycles. The van der Waals surface area contributed by atoms with Crippen LogP contribution in [0.5, 0.6) is 0 Å². The molecule has 2 unspecified atom stereocenters. The summed E-state index contributed by atoms with van der Waals surface area (Å²) in [6.07, 6.45) is 0.0956. The first-order valence-corrected chi connectivity index (χ1v) is 19.1. The molecule has 0 aromatic heterocycles. The number of aldehydes is 1. The predicted octanol–water partition coefficient (Wildman–Crippen LogP) is -0.168. The van der Waals surface area contributed by atoms with Crippen LogP contribution in [-0.4, -0.2) is 224 Å². The molecule has 0 radical (unpaired) electrons. The molecule has 0 N–H and O–H groups in total. The molecule has 2 fully saturated rings. The predicted molar refractivity (Wildman–Crippen MR) is 216 cm³/mol. The van der Waals surface area contributed by atoms with Crippen molar-refractivity contribution >= 4 is 84.8 Å². The van der Waals surface area contributed by atoms with Gasteiger partial charge in [-0.1, -0.05) is 39.5 Å². The van der Waals surface area contributed by atoms with Gasteiger partial charge in [-0.05, 0) is 79.6 Å². The summed E-state index contributed by atoms with van der Waals surface area (Å²) in [6, 6.07) is -1.87. The summed E-state index contributed by atoms with van der Waals surface area (Å²) in [5.74, 6) is 6.77. The number of rotatable bonds is 10. The normalized spacial score (nSPS) is 17.0. The van der Waals surface area contributed by atoms with Crippen LogP contribution in [0, 0.1) is 35.5 Å². The van der Waals surface area contributed by atoms with E-state index in [2.05, 4.69) is 23.7 Å². The molecule has 2 saturated heterocycles. The Labute approximate surface area is 385 Å². The zero-order chi connectivity index (χ0) is 44.9. The van der Waals surface area contributed by atoms with Gasteiger partial charge >= 0.3 is 48.9 Å². The number of carbonyl (C=O) groups excluding carboxylic acids is 6. The van der Waals surface area contributed by atoms with Crippen molar-refractivity contribution in [2.45, 2.75) is 116 Å². The van der Waals surface area contributed by atoms with E-state index in [1.165, 1.54) is 28.8 Å². The minimum Gasteiger partial charge on any atom is -0.857 e. The van der Waals surface area contributed by atoms with Crippen LogP contribution < -0.4 is 10.2 Å². The Balaban J connectivity index is 0. The number of amides is 4. The Morgan fingerprint density at radius 2 is 0.966 bits per heavy atom. The number of nitrogens with zero attached hydrogens (tertiary/aromatic N) is 6. The Kier molecular flexibility index (Phi) is 24.5. The molecule has 2 rings (SSSR count). The van der Waals surface area contributed by atoms with Crippen LogP contribution in [0.4, 0.5) is 8.78 Å². The average molecular weight is 946 g/mol. The van der Waals surface area contributed by atoms with Crippen LogP contribution in [0.1, 0.15) is 81.1 Å². The Morgan fingerprint density at radius 3 is 1.21 bits per heavy atom. The van der Waals surface area contributed by atoms with Gasteiger partial charge in [0.15, 0.2) is 11.3 Å². The first-order valence-electron chi connectivity index (χ1n) is 19.1. The molecular weight excluding hydrogens is 880 g/mol. The zero-order valence-corrected chi connectivity index (χ0v) is 41.9. The summed E-state index contributed by atoms with van der Waals surface area (Å²) >= 11 is 0. The van der Waals surface area contributed by atoms with Gasteiger partial charge in [0.2, 0.25) is 0 Å². The Bertz CT molecular complexity index is 1530. The molecule has 14 nitrogen and oxygen atoms in total. The van der Waals surface area contributed by atoms with Crippen molar-refractivity contribution in [1.82, 2.24) is 29.4 Å². The summed E-state index contributed by atoms with van der Waals surface area (Å²) in [6.45, 7) is 14.8. The second-order valence-electron chi connectivity index (χ2n) is 16.6. The summed E-state index contributed by atoms with van der Waals surface area (Å²) < 4.78 is 30.4. The van der Waals surface area contributed by atoms with Crippen molar-refractivity contribution in [2.24, 2.45) is 11.8 Å². The number of carboxylic acids is 1. The number of hydrogen-bond acceptors (Lipinski definition) is 10. The molecule has 2 aliphatic heterocycles. The van der Waals surface area contributed by atoms with E-state index in [-0.39, 0.29) is 113 Å². The number of likely N-dealkylation sites (tertiary alicyclic amines) is 2. The van der Waals surface area contributed by atoms with Crippen molar-refractivity contribution in [3.05, 3.63) is 0 Å². The molecular formula is C41H66BaF2N6O8. The molecule has 324 valence electrons. The summed E-state index contributed by atoms with van der Waals surface area (Å²) in [4.78, 5) is 81.1. The van der Waals surface area contributed by atoms with Crippen molar-refractivity contribution in [2.75, 3.05) is 75.6 Å². The molecule has 0 aliphatic carbocycles. The first-order chi connectivity index (χ1) is 26.1. The van der Waals surface area contributed by atoms with Crippen molar-refractivity contribution in [3.8, 4) is 23.7 Å². The van der Waals surface area contributed by atoms with Gasteiger partial charge in [0.1, 0.15) is 6.29 Å². The first kappa shape index (κ1) is 57.5. The van der Waals surface area contributed by atoms with E-state index in [1.54, 1.807) is 13.8 Å². The van der Waals surface area contributed by atoms with Gasteiger partial charge in [0, 0.05) is 66.0 Å². The topological polar surface area (TPSA) is 168 Å². The largest absolute Gasteiger partial charge is 2.00 e. The summed E-state index contributed by atoms with van der Waals surface area (Å²) in [5.41, 5.74) is -5.19. The third kappa shape index (κ3) is 16.1. The number of aliphatic carboxylic acids is 1. The maximum absolute atomic E-state index is 15.2. The van der Waals surface area contributed by atoms with Gasteiger partial charge in [-0.15, -0.1) is 0 Å². The zero-order valence-electron chi connectivity index (χ0n) is 37.5. The molecule has 2 heterocycles. The van der Waals surface area contributed by atoms with E-state index in [0.717, 1.165) is 12.0 Å². The third-order valence-corrected chi connectivity index (χ3v) is 10.8. The van der Waals surface area contributed by atoms with Gasteiger partial charge in [0.25, 0.3) is 23.6 Å². The summed E-state index contributed by atoms with van der Waals surface area (Å²) in [5, 5.41) is 19.6. The number of halogens is 2. The third-order valence-electron chi connectivity index (χ3n) is 10.8. The quantitative estimate of drug-likeness (QED) is 0.163. The van der Waals surface area contributed by atoms with Gasteiger partial charge < -0.3 is 39.4 Å². The van der Waals surface area contributed by atoms with E-state index < -0.39 is 64.1 Å². The van der Waals surface area contributed by atoms with Crippen LogP contribution >= 0.6 is 0 Å². The van der Waals surface area contributed by atoms with Gasteiger partial charge in [-0.25, -0.2) is 8.78 Å². The van der Waals surface area contributed by atoms with Crippen LogP contribution in [0.15, 0.2) is 0 Å².